The van der Waals surface area contributed by atoms with Crippen LogP contribution in [0.2, 0.25) is 0 Å². The third kappa shape index (κ3) is 3.91. The second-order valence-corrected chi connectivity index (χ2v) is 9.32. The van der Waals surface area contributed by atoms with E-state index in [1.165, 1.54) is 12.0 Å². The van der Waals surface area contributed by atoms with E-state index in [0.29, 0.717) is 54.4 Å². The van der Waals surface area contributed by atoms with Crippen LogP contribution in [0.4, 0.5) is 16.2 Å². The summed E-state index contributed by atoms with van der Waals surface area (Å²) >= 11 is 0. The van der Waals surface area contributed by atoms with Gasteiger partial charge in [-0.05, 0) is 24.3 Å². The Bertz CT molecular complexity index is 1270. The Morgan fingerprint density at radius 2 is 1.68 bits per heavy atom. The van der Waals surface area contributed by atoms with Gasteiger partial charge in [-0.15, -0.1) is 0 Å². The van der Waals surface area contributed by atoms with E-state index in [4.69, 9.17) is 18.9 Å². The van der Waals surface area contributed by atoms with E-state index < -0.39 is 29.8 Å². The number of cyclic esters (lactones) is 1. The van der Waals surface area contributed by atoms with Crippen LogP contribution in [-0.2, 0) is 19.0 Å². The molecule has 0 aromatic heterocycles. The number of carbonyl (C=O) groups excluding carboxylic acids is 4. The molecule has 2 aromatic carbocycles. The second-order valence-electron chi connectivity index (χ2n) is 9.32. The summed E-state index contributed by atoms with van der Waals surface area (Å²) in [6, 6.07) is 11.8. The molecule has 6 rings (SSSR count). The lowest BCUT2D eigenvalue weighted by atomic mass is 10.0. The monoisotopic (exact) mass is 507 g/mol. The Morgan fingerprint density at radius 1 is 0.973 bits per heavy atom. The molecule has 1 atom stereocenters. The number of benzene rings is 2. The highest BCUT2D eigenvalue weighted by Gasteiger charge is 2.45. The van der Waals surface area contributed by atoms with Crippen LogP contribution in [0.3, 0.4) is 0 Å². The molecule has 1 unspecified atom stereocenters. The molecule has 11 heteroatoms. The molecule has 4 heterocycles. The number of nitrogens with zero attached hydrogens (tertiary/aromatic N) is 3. The minimum absolute atomic E-state index is 0.0524. The van der Waals surface area contributed by atoms with E-state index in [0.717, 1.165) is 4.90 Å². The minimum atomic E-state index is -0.828. The maximum Gasteiger partial charge on any atom is 0.414 e. The maximum atomic E-state index is 12.9. The van der Waals surface area contributed by atoms with Crippen LogP contribution in [-0.4, -0.2) is 80.6 Å². The number of fused-ring (bicyclic) bond motifs is 1. The number of piperidine rings is 1. The van der Waals surface area contributed by atoms with Gasteiger partial charge in [0.25, 0.3) is 11.8 Å². The number of amides is 4. The van der Waals surface area contributed by atoms with Gasteiger partial charge in [-0.2, -0.15) is 0 Å². The first kappa shape index (κ1) is 23.4. The molecule has 11 nitrogen and oxygen atoms in total. The zero-order chi connectivity index (χ0) is 25.7. The van der Waals surface area contributed by atoms with Gasteiger partial charge < -0.3 is 23.8 Å². The van der Waals surface area contributed by atoms with Crippen molar-refractivity contribution in [1.82, 2.24) is 4.90 Å². The quantitative estimate of drug-likeness (QED) is 0.566. The first-order valence-corrected chi connectivity index (χ1v) is 12.1. The highest BCUT2D eigenvalue weighted by Crippen LogP contribution is 2.39. The average molecular weight is 507 g/mol. The molecule has 0 aliphatic carbocycles. The molecule has 2 aromatic rings. The summed E-state index contributed by atoms with van der Waals surface area (Å²) in [7, 11) is 1.48. The van der Waals surface area contributed by atoms with Gasteiger partial charge in [0, 0.05) is 24.7 Å². The van der Waals surface area contributed by atoms with E-state index in [1.807, 2.05) is 0 Å². The minimum Gasteiger partial charge on any atom is -0.494 e. The van der Waals surface area contributed by atoms with Gasteiger partial charge >= 0.3 is 6.09 Å². The molecular formula is C26H25N3O8. The zero-order valence-corrected chi connectivity index (χ0v) is 20.2. The number of ether oxygens (including phenoxy) is 4. The Hall–Kier alpha value is -3.96. The van der Waals surface area contributed by atoms with Gasteiger partial charge in [0.2, 0.25) is 5.91 Å². The molecule has 4 aliphatic heterocycles. The first-order chi connectivity index (χ1) is 17.9. The highest BCUT2D eigenvalue weighted by molar-refractivity contribution is 6.21. The van der Waals surface area contributed by atoms with Crippen molar-refractivity contribution in [3.05, 3.63) is 53.6 Å². The molecule has 0 radical (unpaired) electrons. The topological polar surface area (TPSA) is 115 Å². The van der Waals surface area contributed by atoms with E-state index in [9.17, 15) is 19.2 Å². The van der Waals surface area contributed by atoms with Crippen molar-refractivity contribution in [2.24, 2.45) is 0 Å². The summed E-state index contributed by atoms with van der Waals surface area (Å²) in [5, 5.41) is 0. The first-order valence-electron chi connectivity index (χ1n) is 12.1. The number of rotatable bonds is 5. The third-order valence-corrected chi connectivity index (χ3v) is 7.16. The molecule has 3 saturated heterocycles. The summed E-state index contributed by atoms with van der Waals surface area (Å²) in [5.41, 5.74) is 1.78. The normalized spacial score (nSPS) is 22.7. The fourth-order valence-electron chi connectivity index (χ4n) is 5.32. The van der Waals surface area contributed by atoms with Crippen molar-refractivity contribution in [2.45, 2.75) is 24.7 Å². The van der Waals surface area contributed by atoms with E-state index in [2.05, 4.69) is 0 Å². The van der Waals surface area contributed by atoms with Gasteiger partial charge in [-0.3, -0.25) is 24.2 Å². The lowest BCUT2D eigenvalue weighted by Gasteiger charge is -2.37. The molecule has 0 N–H and O–H groups in total. The lowest BCUT2D eigenvalue weighted by Crippen LogP contribution is -2.48. The van der Waals surface area contributed by atoms with Crippen molar-refractivity contribution in [2.75, 3.05) is 49.8 Å². The molecule has 0 saturated carbocycles. The van der Waals surface area contributed by atoms with Crippen LogP contribution in [0.1, 0.15) is 33.6 Å². The summed E-state index contributed by atoms with van der Waals surface area (Å²) in [6.07, 6.45) is -0.625. The number of methoxy groups -OCH3 is 1. The number of carbonyl (C=O) groups is 4. The molecule has 4 aliphatic rings. The highest BCUT2D eigenvalue weighted by atomic mass is 16.7. The molecule has 1 spiro atoms. The van der Waals surface area contributed by atoms with Gasteiger partial charge in [0.1, 0.15) is 11.9 Å². The number of imide groups is 1. The van der Waals surface area contributed by atoms with Crippen molar-refractivity contribution in [3.63, 3.8) is 0 Å². The van der Waals surface area contributed by atoms with Crippen LogP contribution in [0.5, 0.6) is 5.75 Å². The number of hydrogen-bond acceptors (Lipinski definition) is 8. The average Bonchev–Trinajstić information content (AvgIpc) is 3.57. The standard InChI is InChI=1S/C26H25N3O8/c1-34-21-12-16(27-9-8-26(13-22(27)30)35-10-11-36-26)6-7-20(21)28-14-17(37-25(28)33)15-29-23(31)18-4-2-3-5-19(18)24(29)32/h2-7,12,17H,8-11,13-15H2,1H3. The zero-order valence-electron chi connectivity index (χ0n) is 20.2. The Kier molecular flexibility index (Phi) is 5.61. The van der Waals surface area contributed by atoms with Crippen LogP contribution < -0.4 is 14.5 Å². The Morgan fingerprint density at radius 3 is 2.32 bits per heavy atom. The van der Waals surface area contributed by atoms with Crippen molar-refractivity contribution in [3.8, 4) is 5.75 Å². The molecule has 3 fully saturated rings. The molecular weight excluding hydrogens is 482 g/mol. The van der Waals surface area contributed by atoms with Gasteiger partial charge in [-0.25, -0.2) is 4.79 Å². The predicted molar refractivity (Wildman–Crippen MR) is 129 cm³/mol. The number of anilines is 2. The van der Waals surface area contributed by atoms with Crippen molar-refractivity contribution < 1.29 is 38.1 Å². The fourth-order valence-corrected chi connectivity index (χ4v) is 5.32. The summed E-state index contributed by atoms with van der Waals surface area (Å²) < 4.78 is 22.4. The van der Waals surface area contributed by atoms with E-state index in [-0.39, 0.29) is 25.4 Å². The van der Waals surface area contributed by atoms with Gasteiger partial charge in [0.05, 0.1) is 56.6 Å². The van der Waals surface area contributed by atoms with Crippen molar-refractivity contribution in [1.29, 1.82) is 0 Å². The van der Waals surface area contributed by atoms with E-state index in [1.54, 1.807) is 47.4 Å². The van der Waals surface area contributed by atoms with Crippen LogP contribution in [0, 0.1) is 0 Å². The van der Waals surface area contributed by atoms with Gasteiger partial charge in [0.15, 0.2) is 5.79 Å². The fraction of sp³-hybridized carbons (Fsp3) is 0.385. The van der Waals surface area contributed by atoms with E-state index >= 15 is 0 Å². The van der Waals surface area contributed by atoms with Crippen LogP contribution in [0.25, 0.3) is 0 Å². The number of hydrogen-bond donors (Lipinski definition) is 0. The SMILES string of the molecule is COc1cc(N2CCC3(CC2=O)OCCO3)ccc1N1CC(CN2C(=O)c3ccccc3C2=O)OC1=O. The molecule has 0 bridgehead atoms. The lowest BCUT2D eigenvalue weighted by molar-refractivity contribution is -0.177. The Labute approximate surface area is 212 Å². The smallest absolute Gasteiger partial charge is 0.414 e. The summed E-state index contributed by atoms with van der Waals surface area (Å²) in [6.45, 7) is 1.46. The van der Waals surface area contributed by atoms with Gasteiger partial charge in [-0.1, -0.05) is 12.1 Å². The largest absolute Gasteiger partial charge is 0.494 e. The molecule has 37 heavy (non-hydrogen) atoms. The van der Waals surface area contributed by atoms with Crippen molar-refractivity contribution >= 4 is 35.2 Å². The second kappa shape index (κ2) is 8.86. The maximum absolute atomic E-state index is 12.9. The Balaban J connectivity index is 1.17. The summed E-state index contributed by atoms with van der Waals surface area (Å²) in [5.74, 6) is -1.37. The molecule has 4 amide bonds. The molecule has 192 valence electrons. The predicted octanol–water partition coefficient (Wildman–Crippen LogP) is 2.19. The van der Waals surface area contributed by atoms with Crippen LogP contribution in [0.15, 0.2) is 42.5 Å². The van der Waals surface area contributed by atoms with Crippen LogP contribution >= 0.6 is 0 Å². The third-order valence-electron chi connectivity index (χ3n) is 7.16. The summed E-state index contributed by atoms with van der Waals surface area (Å²) in [4.78, 5) is 55.2.